The van der Waals surface area contributed by atoms with E-state index in [-0.39, 0.29) is 5.92 Å². The molecule has 1 aromatic carbocycles. The predicted octanol–water partition coefficient (Wildman–Crippen LogP) is 2.77. The van der Waals surface area contributed by atoms with Crippen molar-refractivity contribution in [2.75, 3.05) is 14.2 Å². The zero-order chi connectivity index (χ0) is 11.4. The van der Waals surface area contributed by atoms with Gasteiger partial charge in [-0.3, -0.25) is 0 Å². The molecule has 0 aliphatic carbocycles. The number of ether oxygens (including phenoxy) is 2. The molecular formula is C11H13BrO3. The molecule has 3 nitrogen and oxygen atoms in total. The van der Waals surface area contributed by atoms with Gasteiger partial charge in [0, 0.05) is 5.92 Å². The van der Waals surface area contributed by atoms with Gasteiger partial charge in [-0.25, -0.2) is 0 Å². The number of benzene rings is 1. The fraction of sp³-hybridized carbons (Fsp3) is 0.364. The Balaban J connectivity index is 3.26. The van der Waals surface area contributed by atoms with Crippen LogP contribution < -0.4 is 9.47 Å². The highest BCUT2D eigenvalue weighted by Gasteiger charge is 2.13. The first kappa shape index (κ1) is 12.0. The third-order valence-electron chi connectivity index (χ3n) is 2.20. The second-order valence-electron chi connectivity index (χ2n) is 3.16. The lowest BCUT2D eigenvalue weighted by Crippen LogP contribution is -1.98. The molecular weight excluding hydrogens is 260 g/mol. The first-order valence-electron chi connectivity index (χ1n) is 4.50. The lowest BCUT2D eigenvalue weighted by Gasteiger charge is -2.12. The topological polar surface area (TPSA) is 35.5 Å². The smallest absolute Gasteiger partial charge is 0.137 e. The largest absolute Gasteiger partial charge is 0.495 e. The quantitative estimate of drug-likeness (QED) is 0.791. The van der Waals surface area contributed by atoms with E-state index in [0.717, 1.165) is 16.3 Å². The summed E-state index contributed by atoms with van der Waals surface area (Å²) in [6.45, 7) is 1.83. The minimum atomic E-state index is -0.166. The highest BCUT2D eigenvalue weighted by Crippen LogP contribution is 2.37. The van der Waals surface area contributed by atoms with Crippen molar-refractivity contribution in [2.45, 2.75) is 12.8 Å². The van der Waals surface area contributed by atoms with Crippen LogP contribution in [0.1, 0.15) is 18.4 Å². The predicted molar refractivity (Wildman–Crippen MR) is 61.7 cm³/mol. The van der Waals surface area contributed by atoms with Crippen LogP contribution in [-0.2, 0) is 4.79 Å². The number of carbonyl (C=O) groups is 1. The van der Waals surface area contributed by atoms with Crippen LogP contribution in [0.25, 0.3) is 0 Å². The van der Waals surface area contributed by atoms with Crippen LogP contribution >= 0.6 is 15.9 Å². The summed E-state index contributed by atoms with van der Waals surface area (Å²) in [4.78, 5) is 10.7. The molecule has 82 valence electrons. The Morgan fingerprint density at radius 3 is 2.07 bits per heavy atom. The van der Waals surface area contributed by atoms with Gasteiger partial charge in [-0.15, -0.1) is 0 Å². The summed E-state index contributed by atoms with van der Waals surface area (Å²) in [5, 5.41) is 0. The lowest BCUT2D eigenvalue weighted by atomic mass is 10.0. The first-order chi connectivity index (χ1) is 7.13. The molecule has 0 spiro atoms. The van der Waals surface area contributed by atoms with Gasteiger partial charge in [0.05, 0.1) is 14.2 Å². The van der Waals surface area contributed by atoms with Gasteiger partial charge >= 0.3 is 0 Å². The summed E-state index contributed by atoms with van der Waals surface area (Å²) >= 11 is 3.37. The van der Waals surface area contributed by atoms with E-state index in [1.54, 1.807) is 14.2 Å². The Bertz CT molecular complexity index is 338. The van der Waals surface area contributed by atoms with Gasteiger partial charge in [0.25, 0.3) is 0 Å². The Kier molecular flexibility index (Phi) is 4.15. The number of methoxy groups -OCH3 is 2. The third-order valence-corrected chi connectivity index (χ3v) is 2.98. The molecule has 1 rings (SSSR count). The molecule has 0 aliphatic rings. The molecule has 15 heavy (non-hydrogen) atoms. The monoisotopic (exact) mass is 272 g/mol. The van der Waals surface area contributed by atoms with Crippen LogP contribution in [0, 0.1) is 0 Å². The molecule has 0 heterocycles. The van der Waals surface area contributed by atoms with Crippen LogP contribution in [0.15, 0.2) is 16.6 Å². The number of rotatable bonds is 4. The number of carbonyl (C=O) groups excluding carboxylic acids is 1. The van der Waals surface area contributed by atoms with Crippen molar-refractivity contribution in [3.05, 3.63) is 22.2 Å². The number of aldehydes is 1. The highest BCUT2D eigenvalue weighted by atomic mass is 79.9. The average molecular weight is 273 g/mol. The summed E-state index contributed by atoms with van der Waals surface area (Å²) in [5.74, 6) is 1.16. The van der Waals surface area contributed by atoms with Crippen LogP contribution in [0.5, 0.6) is 11.5 Å². The Morgan fingerprint density at radius 1 is 1.27 bits per heavy atom. The third kappa shape index (κ3) is 2.50. The van der Waals surface area contributed by atoms with Crippen LogP contribution in [-0.4, -0.2) is 20.5 Å². The molecule has 0 fully saturated rings. The maximum absolute atomic E-state index is 10.7. The standard InChI is InChI=1S/C11H13BrO3/c1-7(6-13)8-4-9(14-2)11(12)10(5-8)15-3/h4-7H,1-3H3. The molecule has 0 aromatic heterocycles. The van der Waals surface area contributed by atoms with E-state index in [2.05, 4.69) is 15.9 Å². The van der Waals surface area contributed by atoms with Crippen molar-refractivity contribution < 1.29 is 14.3 Å². The molecule has 0 amide bonds. The fourth-order valence-corrected chi connectivity index (χ4v) is 1.78. The van der Waals surface area contributed by atoms with Crippen molar-refractivity contribution in [3.8, 4) is 11.5 Å². The van der Waals surface area contributed by atoms with Crippen molar-refractivity contribution in [1.29, 1.82) is 0 Å². The number of halogens is 1. The maximum atomic E-state index is 10.7. The van der Waals surface area contributed by atoms with Gasteiger partial charge in [-0.2, -0.15) is 0 Å². The van der Waals surface area contributed by atoms with Crippen LogP contribution in [0.4, 0.5) is 0 Å². The van der Waals surface area contributed by atoms with Gasteiger partial charge in [-0.1, -0.05) is 6.92 Å². The van der Waals surface area contributed by atoms with E-state index in [4.69, 9.17) is 9.47 Å². The molecule has 1 unspecified atom stereocenters. The Labute approximate surface area is 97.5 Å². The minimum absolute atomic E-state index is 0.166. The molecule has 0 aliphatic heterocycles. The minimum Gasteiger partial charge on any atom is -0.495 e. The Morgan fingerprint density at radius 2 is 1.73 bits per heavy atom. The van der Waals surface area contributed by atoms with Crippen LogP contribution in [0.3, 0.4) is 0 Å². The lowest BCUT2D eigenvalue weighted by molar-refractivity contribution is -0.108. The zero-order valence-corrected chi connectivity index (χ0v) is 10.5. The molecule has 0 bridgehead atoms. The van der Waals surface area contributed by atoms with Gasteiger partial charge in [-0.05, 0) is 33.6 Å². The maximum Gasteiger partial charge on any atom is 0.137 e. The van der Waals surface area contributed by atoms with Crippen molar-refractivity contribution in [3.63, 3.8) is 0 Å². The summed E-state index contributed by atoms with van der Waals surface area (Å²) in [7, 11) is 3.16. The summed E-state index contributed by atoms with van der Waals surface area (Å²) in [5.41, 5.74) is 0.877. The molecule has 0 N–H and O–H groups in total. The van der Waals surface area contributed by atoms with E-state index in [9.17, 15) is 4.79 Å². The first-order valence-corrected chi connectivity index (χ1v) is 5.30. The second kappa shape index (κ2) is 5.16. The number of hydrogen-bond acceptors (Lipinski definition) is 3. The van der Waals surface area contributed by atoms with E-state index in [1.165, 1.54) is 0 Å². The van der Waals surface area contributed by atoms with E-state index in [1.807, 2.05) is 19.1 Å². The zero-order valence-electron chi connectivity index (χ0n) is 8.91. The highest BCUT2D eigenvalue weighted by molar-refractivity contribution is 9.10. The molecule has 1 atom stereocenters. The fourth-order valence-electron chi connectivity index (χ4n) is 1.23. The Hall–Kier alpha value is -1.03. The summed E-state index contributed by atoms with van der Waals surface area (Å²) in [6.07, 6.45) is 0.891. The average Bonchev–Trinajstić information content (AvgIpc) is 2.28. The summed E-state index contributed by atoms with van der Waals surface area (Å²) < 4.78 is 11.1. The van der Waals surface area contributed by atoms with Gasteiger partial charge in [0.1, 0.15) is 22.3 Å². The van der Waals surface area contributed by atoms with E-state index < -0.39 is 0 Å². The van der Waals surface area contributed by atoms with Crippen molar-refractivity contribution in [2.24, 2.45) is 0 Å². The molecule has 0 radical (unpaired) electrons. The van der Waals surface area contributed by atoms with E-state index in [0.29, 0.717) is 11.5 Å². The SMILES string of the molecule is COc1cc(C(C)C=O)cc(OC)c1Br. The second-order valence-corrected chi connectivity index (χ2v) is 3.96. The molecule has 0 saturated heterocycles. The van der Waals surface area contributed by atoms with Gasteiger partial charge in [0.15, 0.2) is 0 Å². The number of hydrogen-bond donors (Lipinski definition) is 0. The van der Waals surface area contributed by atoms with E-state index >= 15 is 0 Å². The molecule has 4 heteroatoms. The van der Waals surface area contributed by atoms with Crippen molar-refractivity contribution in [1.82, 2.24) is 0 Å². The van der Waals surface area contributed by atoms with Crippen molar-refractivity contribution >= 4 is 22.2 Å². The van der Waals surface area contributed by atoms with Gasteiger partial charge in [0.2, 0.25) is 0 Å². The summed E-state index contributed by atoms with van der Waals surface area (Å²) in [6, 6.07) is 3.65. The van der Waals surface area contributed by atoms with Gasteiger partial charge < -0.3 is 14.3 Å². The molecule has 0 saturated carbocycles. The molecule has 1 aromatic rings. The van der Waals surface area contributed by atoms with Crippen LogP contribution in [0.2, 0.25) is 0 Å². The normalized spacial score (nSPS) is 12.0.